The molecule has 24 heteroatoms. The van der Waals surface area contributed by atoms with Crippen molar-refractivity contribution >= 4 is 100.0 Å². The van der Waals surface area contributed by atoms with E-state index in [0.29, 0.717) is 0 Å². The number of nitrogens with zero attached hydrogens (tertiary/aromatic N) is 3. The minimum absolute atomic E-state index is 0.00223. The van der Waals surface area contributed by atoms with E-state index in [4.69, 9.17) is 96.4 Å². The number of ether oxygens (including phenoxy) is 3. The second kappa shape index (κ2) is 18.0. The fraction of sp³-hybridized carbons (Fsp3) is 0.222. The van der Waals surface area contributed by atoms with Crippen LogP contribution in [0.2, 0.25) is 30.1 Å². The third-order valence-electron chi connectivity index (χ3n) is 5.77. The lowest BCUT2D eigenvalue weighted by molar-refractivity contribution is 0.177. The van der Waals surface area contributed by atoms with Crippen molar-refractivity contribution in [2.75, 3.05) is 39.6 Å². The van der Waals surface area contributed by atoms with Crippen LogP contribution >= 0.6 is 69.6 Å². The molecule has 0 saturated heterocycles. The topological polar surface area (TPSA) is 196 Å². The fourth-order valence-corrected chi connectivity index (χ4v) is 7.30. The van der Waals surface area contributed by atoms with Crippen LogP contribution in [0.5, 0.6) is 18.0 Å². The van der Waals surface area contributed by atoms with Crippen LogP contribution in [0, 0.1) is 0 Å². The van der Waals surface area contributed by atoms with Gasteiger partial charge < -0.3 is 14.2 Å². The van der Waals surface area contributed by atoms with Gasteiger partial charge in [-0.25, -0.2) is 0 Å². The molecular weight excluding hydrogens is 867 g/mol. The van der Waals surface area contributed by atoms with Crippen molar-refractivity contribution in [3.63, 3.8) is 0 Å². The Morgan fingerprint density at radius 1 is 0.392 bits per heavy atom. The van der Waals surface area contributed by atoms with Crippen LogP contribution in [0.25, 0.3) is 0 Å². The van der Waals surface area contributed by atoms with Crippen LogP contribution in [-0.4, -0.2) is 79.8 Å². The molecule has 0 bridgehead atoms. The summed E-state index contributed by atoms with van der Waals surface area (Å²) in [4.78, 5) is 11.0. The molecule has 4 rings (SSSR count). The van der Waals surface area contributed by atoms with Gasteiger partial charge in [-0.1, -0.05) is 69.6 Å². The zero-order valence-corrected chi connectivity index (χ0v) is 32.2. The predicted octanol–water partition coefficient (Wildman–Crippen LogP) is 6.14. The molecule has 0 saturated carbocycles. The number of hydrogen-bond donors (Lipinski definition) is 0. The largest absolute Gasteiger partial charge is 0.461 e. The van der Waals surface area contributed by atoms with Crippen LogP contribution in [0.3, 0.4) is 0 Å². The van der Waals surface area contributed by atoms with Crippen molar-refractivity contribution < 1.29 is 52.0 Å². The van der Waals surface area contributed by atoms with E-state index in [2.05, 4.69) is 15.0 Å². The van der Waals surface area contributed by atoms with E-state index in [1.807, 2.05) is 0 Å². The van der Waals surface area contributed by atoms with Gasteiger partial charge in [0.05, 0.1) is 44.8 Å². The quantitative estimate of drug-likeness (QED) is 0.0815. The molecule has 0 fully saturated rings. The Morgan fingerprint density at radius 3 is 0.882 bits per heavy atom. The molecule has 0 radical (unpaired) electrons. The highest BCUT2D eigenvalue weighted by Gasteiger charge is 2.20. The average Bonchev–Trinajstić information content (AvgIpc) is 3.07. The molecule has 276 valence electrons. The standard InChI is InChI=1S/C27H21Cl6N3O12S3/c28-19-4-1-16(13-22(19)31)49(37,38)46-10-7-43-25-34-26(44-8-11-47-50(39,40)17-2-5-20(29)23(32)14-17)36-27(35-25)45-9-12-48-51(41,42)18-3-6-21(30)24(33)15-18/h1-6,13-15H,7-12H2. The van der Waals surface area contributed by atoms with Gasteiger partial charge in [0.1, 0.15) is 39.6 Å². The first kappa shape index (κ1) is 41.3. The Morgan fingerprint density at radius 2 is 0.647 bits per heavy atom. The first-order chi connectivity index (χ1) is 24.0. The van der Waals surface area contributed by atoms with Gasteiger partial charge in [0.2, 0.25) is 0 Å². The minimum Gasteiger partial charge on any atom is -0.461 e. The maximum absolute atomic E-state index is 12.5. The van der Waals surface area contributed by atoms with Gasteiger partial charge in [0, 0.05) is 0 Å². The minimum atomic E-state index is -4.25. The number of halogens is 6. The van der Waals surface area contributed by atoms with Crippen LogP contribution in [0.15, 0.2) is 69.3 Å². The second-order valence-corrected chi connectivity index (χ2v) is 16.6. The van der Waals surface area contributed by atoms with Crippen molar-refractivity contribution in [3.8, 4) is 18.0 Å². The number of hydrogen-bond acceptors (Lipinski definition) is 15. The van der Waals surface area contributed by atoms with Crippen molar-refractivity contribution in [3.05, 3.63) is 84.7 Å². The van der Waals surface area contributed by atoms with E-state index in [1.54, 1.807) is 0 Å². The predicted molar refractivity (Wildman–Crippen MR) is 185 cm³/mol. The maximum Gasteiger partial charge on any atom is 0.325 e. The molecule has 0 spiro atoms. The summed E-state index contributed by atoms with van der Waals surface area (Å²) >= 11 is 35.2. The molecule has 0 atom stereocenters. The van der Waals surface area contributed by atoms with E-state index in [1.165, 1.54) is 36.4 Å². The Hall–Kier alpha value is -2.46. The average molecular weight is 888 g/mol. The molecule has 0 aliphatic heterocycles. The molecule has 3 aromatic carbocycles. The third kappa shape index (κ3) is 12.0. The highest BCUT2D eigenvalue weighted by molar-refractivity contribution is 7.87. The summed E-state index contributed by atoms with van der Waals surface area (Å²) in [7, 11) is -12.8. The molecular formula is C27H21Cl6N3O12S3. The monoisotopic (exact) mass is 885 g/mol. The third-order valence-corrected chi connectivity index (χ3v) is 11.9. The van der Waals surface area contributed by atoms with Gasteiger partial charge in [-0.15, -0.1) is 15.0 Å². The van der Waals surface area contributed by atoms with Crippen molar-refractivity contribution in [2.24, 2.45) is 0 Å². The molecule has 0 aliphatic carbocycles. The van der Waals surface area contributed by atoms with Gasteiger partial charge in [-0.2, -0.15) is 25.3 Å². The van der Waals surface area contributed by atoms with Gasteiger partial charge in [0.15, 0.2) is 0 Å². The lowest BCUT2D eigenvalue weighted by Gasteiger charge is -2.11. The first-order valence-corrected chi connectivity index (χ1v) is 20.1. The molecule has 4 aromatic rings. The number of rotatable bonds is 18. The number of benzene rings is 3. The van der Waals surface area contributed by atoms with Gasteiger partial charge in [-0.3, -0.25) is 12.5 Å². The highest BCUT2D eigenvalue weighted by Crippen LogP contribution is 2.28. The van der Waals surface area contributed by atoms with Crippen molar-refractivity contribution in [1.29, 1.82) is 0 Å². The van der Waals surface area contributed by atoms with Crippen LogP contribution in [0.4, 0.5) is 0 Å². The SMILES string of the molecule is O=S(=O)(OCCOc1nc(OCCOS(=O)(=O)c2ccc(Cl)c(Cl)c2)nc(OCCOS(=O)(=O)c2ccc(Cl)c(Cl)c2)n1)c1ccc(Cl)c(Cl)c1. The normalized spacial score (nSPS) is 12.1. The Balaban J connectivity index is 1.39. The van der Waals surface area contributed by atoms with Crippen molar-refractivity contribution in [1.82, 2.24) is 15.0 Å². The van der Waals surface area contributed by atoms with Crippen LogP contribution < -0.4 is 14.2 Å². The second-order valence-electron chi connectivity index (χ2n) is 9.28. The summed E-state index contributed by atoms with van der Waals surface area (Å²) in [5.41, 5.74) is 0. The zero-order valence-electron chi connectivity index (χ0n) is 25.2. The van der Waals surface area contributed by atoms with E-state index in [-0.39, 0.29) is 44.8 Å². The summed E-state index contributed by atoms with van der Waals surface area (Å²) in [5.74, 6) is 0. The summed E-state index contributed by atoms with van der Waals surface area (Å²) in [6.45, 7) is -2.79. The number of aromatic nitrogens is 3. The molecule has 0 aliphatic rings. The van der Waals surface area contributed by atoms with Gasteiger partial charge >= 0.3 is 18.0 Å². The van der Waals surface area contributed by atoms with E-state index < -0.39 is 88.0 Å². The summed E-state index contributed by atoms with van der Waals surface area (Å²) < 4.78 is 106. The Kier molecular flexibility index (Phi) is 14.6. The lowest BCUT2D eigenvalue weighted by atomic mass is 10.4. The van der Waals surface area contributed by atoms with Crippen LogP contribution in [-0.2, 0) is 42.9 Å². The van der Waals surface area contributed by atoms with Gasteiger partial charge in [-0.05, 0) is 54.6 Å². The molecule has 1 heterocycles. The van der Waals surface area contributed by atoms with Crippen molar-refractivity contribution in [2.45, 2.75) is 14.7 Å². The Labute approximate surface area is 321 Å². The first-order valence-electron chi connectivity index (χ1n) is 13.6. The molecule has 0 amide bonds. The summed E-state index contributed by atoms with van der Waals surface area (Å²) in [6, 6.07) is 9.44. The van der Waals surface area contributed by atoms with E-state index in [9.17, 15) is 25.3 Å². The van der Waals surface area contributed by atoms with E-state index >= 15 is 0 Å². The van der Waals surface area contributed by atoms with E-state index in [0.717, 1.165) is 18.2 Å². The Bertz CT molecular complexity index is 1960. The molecule has 1 aromatic heterocycles. The lowest BCUT2D eigenvalue weighted by Crippen LogP contribution is -2.17. The van der Waals surface area contributed by atoms with Gasteiger partial charge in [0.25, 0.3) is 30.4 Å². The molecule has 0 N–H and O–H groups in total. The molecule has 51 heavy (non-hydrogen) atoms. The summed E-state index contributed by atoms with van der Waals surface area (Å²) in [6.07, 6.45) is 0. The summed E-state index contributed by atoms with van der Waals surface area (Å²) in [5, 5.41) is 0.421. The fourth-order valence-electron chi connectivity index (χ4n) is 3.45. The smallest absolute Gasteiger partial charge is 0.325 e. The molecule has 15 nitrogen and oxygen atoms in total. The maximum atomic E-state index is 12.5. The van der Waals surface area contributed by atoms with Crippen LogP contribution in [0.1, 0.15) is 0 Å². The molecule has 0 unspecified atom stereocenters. The highest BCUT2D eigenvalue weighted by atomic mass is 35.5. The zero-order chi connectivity index (χ0) is 37.4.